The van der Waals surface area contributed by atoms with E-state index < -0.39 is 12.3 Å². The van der Waals surface area contributed by atoms with Crippen molar-refractivity contribution >= 4 is 21.9 Å². The summed E-state index contributed by atoms with van der Waals surface area (Å²) in [6.45, 7) is 5.68. The molecule has 0 fully saturated rings. The summed E-state index contributed by atoms with van der Waals surface area (Å²) < 4.78 is 32.3. The third-order valence-electron chi connectivity index (χ3n) is 5.63. The van der Waals surface area contributed by atoms with Gasteiger partial charge in [0, 0.05) is 32.5 Å². The lowest BCUT2D eigenvalue weighted by molar-refractivity contribution is 0.647. The van der Waals surface area contributed by atoms with E-state index in [1.54, 1.807) is 12.3 Å². The average molecular weight is 409 g/mol. The lowest BCUT2D eigenvalue weighted by atomic mass is 9.92. The molecule has 0 radical (unpaired) electrons. The molecule has 2 heterocycles. The summed E-state index contributed by atoms with van der Waals surface area (Å²) in [7, 11) is 0. The minimum atomic E-state index is -1.45. The second-order valence-corrected chi connectivity index (χ2v) is 8.22. The second kappa shape index (κ2) is 8.03. The molecule has 3 aromatic carbocycles. The van der Waals surface area contributed by atoms with Gasteiger partial charge in [0.1, 0.15) is 11.2 Å². The Balaban J connectivity index is 1.66. The number of fused-ring (bicyclic) bond motifs is 3. The van der Waals surface area contributed by atoms with Gasteiger partial charge in [-0.2, -0.15) is 0 Å². The van der Waals surface area contributed by atoms with E-state index in [2.05, 4.69) is 4.98 Å². The quantitative estimate of drug-likeness (QED) is 0.294. The van der Waals surface area contributed by atoms with Crippen LogP contribution >= 0.6 is 0 Å². The first kappa shape index (κ1) is 16.3. The van der Waals surface area contributed by atoms with Crippen molar-refractivity contribution in [1.82, 2.24) is 4.98 Å². The highest BCUT2D eigenvalue weighted by molar-refractivity contribution is 6.09. The Hall–Kier alpha value is -3.39. The summed E-state index contributed by atoms with van der Waals surface area (Å²) in [6, 6.07) is 25.3. The van der Waals surface area contributed by atoms with Gasteiger partial charge in [-0.3, -0.25) is 4.98 Å². The number of nitrogens with zero attached hydrogens (tertiary/aromatic N) is 1. The smallest absolute Gasteiger partial charge is 0.144 e. The lowest BCUT2D eigenvalue weighted by Crippen LogP contribution is -1.95. The van der Waals surface area contributed by atoms with Crippen molar-refractivity contribution in [3.63, 3.8) is 0 Å². The number of hydrogen-bond donors (Lipinski definition) is 0. The molecular formula is C29H27NO. The normalized spacial score (nSPS) is 15.5. The summed E-state index contributed by atoms with van der Waals surface area (Å²) >= 11 is 0. The van der Waals surface area contributed by atoms with Crippen LogP contribution in [0, 0.1) is 5.92 Å². The molecule has 0 aliphatic carbocycles. The van der Waals surface area contributed by atoms with Crippen LogP contribution in [0.1, 0.15) is 47.5 Å². The Morgan fingerprint density at radius 3 is 2.52 bits per heavy atom. The second-order valence-electron chi connectivity index (χ2n) is 8.22. The van der Waals surface area contributed by atoms with Gasteiger partial charge in [-0.15, -0.1) is 0 Å². The van der Waals surface area contributed by atoms with Crippen LogP contribution in [0.2, 0.25) is 0 Å². The molecule has 0 aliphatic rings. The Labute approximate surface area is 187 Å². The van der Waals surface area contributed by atoms with E-state index in [9.17, 15) is 0 Å². The Bertz CT molecular complexity index is 1490. The fraction of sp³-hybridized carbons (Fsp3) is 0.207. The zero-order valence-electron chi connectivity index (χ0n) is 21.0. The van der Waals surface area contributed by atoms with Crippen molar-refractivity contribution in [2.45, 2.75) is 33.0 Å². The van der Waals surface area contributed by atoms with Crippen molar-refractivity contribution in [2.75, 3.05) is 0 Å². The molecule has 5 aromatic rings. The monoisotopic (exact) mass is 408 g/mol. The number of pyridine rings is 1. The highest BCUT2D eigenvalue weighted by atomic mass is 16.3. The Morgan fingerprint density at radius 2 is 1.71 bits per heavy atom. The van der Waals surface area contributed by atoms with Crippen LogP contribution in [0.5, 0.6) is 0 Å². The standard InChI is InChI=1S/C29H27NO/c1-19(2)16-21-14-15-30-27(17-21)25-11-7-10-24-26-18-23(12-13-28(26)31-29(24)25)20(3)22-8-5-4-6-9-22/h4-15,17-20H,16H2,1-3H3/i16D2,20D. The van der Waals surface area contributed by atoms with Gasteiger partial charge in [0.25, 0.3) is 0 Å². The van der Waals surface area contributed by atoms with Crippen LogP contribution in [-0.2, 0) is 6.37 Å². The van der Waals surface area contributed by atoms with Gasteiger partial charge < -0.3 is 4.42 Å². The molecule has 1 unspecified atom stereocenters. The molecule has 0 N–H and O–H groups in total. The van der Waals surface area contributed by atoms with Gasteiger partial charge in [-0.1, -0.05) is 69.3 Å². The van der Waals surface area contributed by atoms with E-state index in [0.29, 0.717) is 11.3 Å². The van der Waals surface area contributed by atoms with Crippen LogP contribution < -0.4 is 0 Å². The van der Waals surface area contributed by atoms with E-state index in [1.165, 1.54) is 0 Å². The molecule has 2 heteroatoms. The van der Waals surface area contributed by atoms with Crippen LogP contribution in [0.4, 0.5) is 0 Å². The van der Waals surface area contributed by atoms with E-state index in [4.69, 9.17) is 8.53 Å². The summed E-state index contributed by atoms with van der Waals surface area (Å²) in [5, 5.41) is 1.91. The predicted molar refractivity (Wildman–Crippen MR) is 129 cm³/mol. The maximum absolute atomic E-state index is 9.06. The van der Waals surface area contributed by atoms with E-state index >= 15 is 0 Å². The molecule has 0 aliphatic heterocycles. The maximum atomic E-state index is 9.06. The number of hydrogen-bond acceptors (Lipinski definition) is 2. The highest BCUT2D eigenvalue weighted by Gasteiger charge is 2.16. The fourth-order valence-electron chi connectivity index (χ4n) is 4.09. The van der Waals surface area contributed by atoms with Crippen LogP contribution in [0.3, 0.4) is 0 Å². The number of para-hydroxylation sites is 1. The first-order valence-electron chi connectivity index (χ1n) is 12.2. The summed E-state index contributed by atoms with van der Waals surface area (Å²) in [5.74, 6) is -1.05. The minimum Gasteiger partial charge on any atom is -0.455 e. The zero-order chi connectivity index (χ0) is 24.1. The highest BCUT2D eigenvalue weighted by Crippen LogP contribution is 2.37. The van der Waals surface area contributed by atoms with Crippen LogP contribution in [-0.4, -0.2) is 4.98 Å². The summed E-state index contributed by atoms with van der Waals surface area (Å²) in [4.78, 5) is 4.54. The van der Waals surface area contributed by atoms with Gasteiger partial charge in [-0.25, -0.2) is 0 Å². The first-order valence-corrected chi connectivity index (χ1v) is 10.7. The molecule has 0 bridgehead atoms. The molecule has 2 aromatic heterocycles. The van der Waals surface area contributed by atoms with Crippen molar-refractivity contribution in [3.8, 4) is 11.3 Å². The van der Waals surface area contributed by atoms with E-state index in [0.717, 1.165) is 38.6 Å². The Kier molecular flexibility index (Phi) is 4.23. The van der Waals surface area contributed by atoms with Gasteiger partial charge >= 0.3 is 0 Å². The van der Waals surface area contributed by atoms with Crippen LogP contribution in [0.25, 0.3) is 33.2 Å². The predicted octanol–water partition coefficient (Wildman–Crippen LogP) is 8.00. The van der Waals surface area contributed by atoms with Crippen molar-refractivity contribution in [2.24, 2.45) is 5.92 Å². The largest absolute Gasteiger partial charge is 0.455 e. The molecular weight excluding hydrogens is 378 g/mol. The van der Waals surface area contributed by atoms with Crippen molar-refractivity contribution in [1.29, 1.82) is 0 Å². The molecule has 0 saturated carbocycles. The lowest BCUT2D eigenvalue weighted by Gasteiger charge is -2.12. The van der Waals surface area contributed by atoms with E-state index in [1.807, 2.05) is 93.6 Å². The number of benzene rings is 3. The molecule has 154 valence electrons. The maximum Gasteiger partial charge on any atom is 0.144 e. The van der Waals surface area contributed by atoms with Crippen LogP contribution in [0.15, 0.2) is 89.5 Å². The molecule has 5 rings (SSSR count). The molecule has 2 nitrogen and oxygen atoms in total. The third-order valence-corrected chi connectivity index (χ3v) is 5.63. The van der Waals surface area contributed by atoms with Gasteiger partial charge in [-0.05, 0) is 59.3 Å². The van der Waals surface area contributed by atoms with E-state index in [-0.39, 0.29) is 5.92 Å². The fourth-order valence-corrected chi connectivity index (χ4v) is 4.09. The van der Waals surface area contributed by atoms with Gasteiger partial charge in [0.2, 0.25) is 0 Å². The minimum absolute atomic E-state index is 0.160. The van der Waals surface area contributed by atoms with Gasteiger partial charge in [0.15, 0.2) is 0 Å². The molecule has 1 atom stereocenters. The topological polar surface area (TPSA) is 26.0 Å². The summed E-state index contributed by atoms with van der Waals surface area (Å²) in [6.07, 6.45) is 0.209. The van der Waals surface area contributed by atoms with Gasteiger partial charge in [0.05, 0.1) is 5.69 Å². The summed E-state index contributed by atoms with van der Waals surface area (Å²) in [5.41, 5.74) is 5.41. The average Bonchev–Trinajstić information content (AvgIpc) is 3.22. The number of rotatable bonds is 5. The van der Waals surface area contributed by atoms with Crippen molar-refractivity contribution in [3.05, 3.63) is 102 Å². The SMILES string of the molecule is [2H]C(C)(c1ccccc1)c1ccc2oc3c(-c4cc(C([2H])([2H])C(C)C)ccn4)cccc3c2c1. The third kappa shape index (κ3) is 3.74. The molecule has 0 saturated heterocycles. The first-order chi connectivity index (χ1) is 16.2. The Morgan fingerprint density at radius 1 is 0.871 bits per heavy atom. The molecule has 31 heavy (non-hydrogen) atoms. The zero-order valence-corrected chi connectivity index (χ0v) is 18.0. The molecule has 0 amide bonds. The number of aromatic nitrogens is 1. The number of furan rings is 1. The molecule has 0 spiro atoms. The van der Waals surface area contributed by atoms with Crippen molar-refractivity contribution < 1.29 is 8.53 Å².